The Morgan fingerprint density at radius 2 is 2.50 bits per heavy atom. The maximum absolute atomic E-state index is 8.96. The summed E-state index contributed by atoms with van der Waals surface area (Å²) in [5.41, 5.74) is 1.62. The quantitative estimate of drug-likeness (QED) is 0.766. The van der Waals surface area contributed by atoms with Gasteiger partial charge in [0.05, 0.1) is 6.61 Å². The van der Waals surface area contributed by atoms with E-state index in [-0.39, 0.29) is 12.7 Å². The molecule has 76 valence electrons. The van der Waals surface area contributed by atoms with Gasteiger partial charge in [0.1, 0.15) is 6.10 Å². The maximum atomic E-state index is 8.96. The van der Waals surface area contributed by atoms with Crippen LogP contribution in [0.2, 0.25) is 0 Å². The summed E-state index contributed by atoms with van der Waals surface area (Å²) in [7, 11) is 0. The number of aliphatic hydroxyl groups is 1. The highest BCUT2D eigenvalue weighted by Gasteiger charge is 2.20. The Balaban J connectivity index is 2.23. The van der Waals surface area contributed by atoms with Crippen LogP contribution in [-0.4, -0.2) is 21.7 Å². The van der Waals surface area contributed by atoms with Gasteiger partial charge in [-0.1, -0.05) is 0 Å². The zero-order valence-electron chi connectivity index (χ0n) is 8.23. The number of hydrogen-bond acceptors (Lipinski definition) is 4. The average Bonchev–Trinajstić information content (AvgIpc) is 2.70. The third-order valence-electron chi connectivity index (χ3n) is 2.49. The van der Waals surface area contributed by atoms with E-state index in [2.05, 4.69) is 9.97 Å². The van der Waals surface area contributed by atoms with Crippen molar-refractivity contribution in [2.45, 2.75) is 32.5 Å². The molecule has 0 saturated carbocycles. The van der Waals surface area contributed by atoms with Crippen LogP contribution in [0.15, 0.2) is 6.20 Å². The average molecular weight is 194 g/mol. The molecule has 4 nitrogen and oxygen atoms in total. The molecule has 1 aromatic heterocycles. The first kappa shape index (κ1) is 9.55. The first-order valence-corrected chi connectivity index (χ1v) is 4.86. The summed E-state index contributed by atoms with van der Waals surface area (Å²) in [5, 5.41) is 8.96. The molecule has 4 heteroatoms. The highest BCUT2D eigenvalue weighted by atomic mass is 16.5. The summed E-state index contributed by atoms with van der Waals surface area (Å²) in [6, 6.07) is 0. The molecule has 2 rings (SSSR count). The van der Waals surface area contributed by atoms with Gasteiger partial charge in [-0.25, -0.2) is 9.97 Å². The SMILES string of the molecule is Cc1nc(C2CCCO2)ncc1CO. The fraction of sp³-hybridized carbons (Fsp3) is 0.600. The van der Waals surface area contributed by atoms with Crippen molar-refractivity contribution in [1.82, 2.24) is 9.97 Å². The number of hydrogen-bond donors (Lipinski definition) is 1. The molecule has 0 spiro atoms. The molecule has 0 bridgehead atoms. The summed E-state index contributed by atoms with van der Waals surface area (Å²) >= 11 is 0. The van der Waals surface area contributed by atoms with Gasteiger partial charge in [0.15, 0.2) is 5.82 Å². The molecule has 0 amide bonds. The Labute approximate surface area is 83.0 Å². The Morgan fingerprint density at radius 3 is 3.07 bits per heavy atom. The fourth-order valence-corrected chi connectivity index (χ4v) is 1.60. The van der Waals surface area contributed by atoms with Crippen molar-refractivity contribution in [3.05, 3.63) is 23.3 Å². The Kier molecular flexibility index (Phi) is 2.74. The van der Waals surface area contributed by atoms with Crippen LogP contribution in [0.1, 0.15) is 36.0 Å². The van der Waals surface area contributed by atoms with Crippen LogP contribution in [0.3, 0.4) is 0 Å². The van der Waals surface area contributed by atoms with Crippen LogP contribution in [0.25, 0.3) is 0 Å². The summed E-state index contributed by atoms with van der Waals surface area (Å²) in [6.07, 6.45) is 3.81. The first-order valence-electron chi connectivity index (χ1n) is 4.86. The minimum Gasteiger partial charge on any atom is -0.392 e. The van der Waals surface area contributed by atoms with Crippen molar-refractivity contribution in [2.24, 2.45) is 0 Å². The van der Waals surface area contributed by atoms with Gasteiger partial charge in [-0.05, 0) is 19.8 Å². The van der Waals surface area contributed by atoms with Crippen LogP contribution in [-0.2, 0) is 11.3 Å². The molecule has 1 fully saturated rings. The van der Waals surface area contributed by atoms with Crippen molar-refractivity contribution in [3.63, 3.8) is 0 Å². The molecule has 0 radical (unpaired) electrons. The topological polar surface area (TPSA) is 55.2 Å². The molecular weight excluding hydrogens is 180 g/mol. The second-order valence-corrected chi connectivity index (χ2v) is 3.50. The second kappa shape index (κ2) is 4.02. The molecule has 14 heavy (non-hydrogen) atoms. The number of aromatic nitrogens is 2. The predicted octanol–water partition coefficient (Wildman–Crippen LogP) is 1.13. The van der Waals surface area contributed by atoms with E-state index >= 15 is 0 Å². The van der Waals surface area contributed by atoms with Crippen LogP contribution in [0, 0.1) is 6.92 Å². The molecule has 1 unspecified atom stereocenters. The minimum atomic E-state index is -0.00234. The van der Waals surface area contributed by atoms with Crippen molar-refractivity contribution in [1.29, 1.82) is 0 Å². The highest BCUT2D eigenvalue weighted by molar-refractivity contribution is 5.15. The Bertz CT molecular complexity index is 322. The van der Waals surface area contributed by atoms with E-state index in [4.69, 9.17) is 9.84 Å². The molecule has 2 heterocycles. The van der Waals surface area contributed by atoms with Crippen LogP contribution >= 0.6 is 0 Å². The van der Waals surface area contributed by atoms with E-state index < -0.39 is 0 Å². The first-order chi connectivity index (χ1) is 6.81. The highest BCUT2D eigenvalue weighted by Crippen LogP contribution is 2.25. The number of aryl methyl sites for hydroxylation is 1. The number of aliphatic hydroxyl groups excluding tert-OH is 1. The smallest absolute Gasteiger partial charge is 0.157 e. The van der Waals surface area contributed by atoms with E-state index in [1.807, 2.05) is 6.92 Å². The van der Waals surface area contributed by atoms with E-state index in [9.17, 15) is 0 Å². The molecule has 0 aliphatic carbocycles. The largest absolute Gasteiger partial charge is 0.392 e. The lowest BCUT2D eigenvalue weighted by molar-refractivity contribution is 0.104. The predicted molar refractivity (Wildman–Crippen MR) is 50.6 cm³/mol. The summed E-state index contributed by atoms with van der Waals surface area (Å²) in [4.78, 5) is 8.53. The Hall–Kier alpha value is -1.00. The van der Waals surface area contributed by atoms with Gasteiger partial charge >= 0.3 is 0 Å². The monoisotopic (exact) mass is 194 g/mol. The van der Waals surface area contributed by atoms with Gasteiger partial charge in [-0.15, -0.1) is 0 Å². The normalized spacial score (nSPS) is 21.4. The molecule has 1 atom stereocenters. The molecule has 1 aliphatic heterocycles. The van der Waals surface area contributed by atoms with Crippen LogP contribution in [0.5, 0.6) is 0 Å². The summed E-state index contributed by atoms with van der Waals surface area (Å²) in [6.45, 7) is 2.68. The lowest BCUT2D eigenvalue weighted by Gasteiger charge is -2.09. The van der Waals surface area contributed by atoms with E-state index in [1.165, 1.54) is 0 Å². The maximum Gasteiger partial charge on any atom is 0.157 e. The van der Waals surface area contributed by atoms with Crippen LogP contribution in [0.4, 0.5) is 0 Å². The standard InChI is InChI=1S/C10H14N2O2/c1-7-8(6-13)5-11-10(12-7)9-3-2-4-14-9/h5,9,13H,2-4,6H2,1H3. The molecule has 1 aliphatic rings. The van der Waals surface area contributed by atoms with Crippen molar-refractivity contribution in [3.8, 4) is 0 Å². The van der Waals surface area contributed by atoms with Gasteiger partial charge in [0.25, 0.3) is 0 Å². The summed E-state index contributed by atoms with van der Waals surface area (Å²) < 4.78 is 5.48. The zero-order valence-corrected chi connectivity index (χ0v) is 8.23. The second-order valence-electron chi connectivity index (χ2n) is 3.50. The molecule has 1 N–H and O–H groups in total. The van der Waals surface area contributed by atoms with Crippen molar-refractivity contribution < 1.29 is 9.84 Å². The molecular formula is C10H14N2O2. The van der Waals surface area contributed by atoms with E-state index in [0.717, 1.165) is 36.5 Å². The number of nitrogens with zero attached hydrogens (tertiary/aromatic N) is 2. The van der Waals surface area contributed by atoms with Gasteiger partial charge in [0, 0.05) is 24.1 Å². The Morgan fingerprint density at radius 1 is 1.64 bits per heavy atom. The third kappa shape index (κ3) is 1.76. The van der Waals surface area contributed by atoms with E-state index in [1.54, 1.807) is 6.20 Å². The fourth-order valence-electron chi connectivity index (χ4n) is 1.60. The zero-order chi connectivity index (χ0) is 9.97. The number of ether oxygens (including phenoxy) is 1. The molecule has 0 aromatic carbocycles. The van der Waals surface area contributed by atoms with Crippen molar-refractivity contribution in [2.75, 3.05) is 6.61 Å². The lowest BCUT2D eigenvalue weighted by atomic mass is 10.2. The third-order valence-corrected chi connectivity index (χ3v) is 2.49. The molecule has 1 aromatic rings. The lowest BCUT2D eigenvalue weighted by Crippen LogP contribution is -2.06. The number of rotatable bonds is 2. The minimum absolute atomic E-state index is 0.00234. The van der Waals surface area contributed by atoms with Gasteiger partial charge in [0.2, 0.25) is 0 Å². The van der Waals surface area contributed by atoms with Crippen LogP contribution < -0.4 is 0 Å². The van der Waals surface area contributed by atoms with E-state index in [0.29, 0.717) is 0 Å². The van der Waals surface area contributed by atoms with Gasteiger partial charge in [-0.2, -0.15) is 0 Å². The van der Waals surface area contributed by atoms with Crippen molar-refractivity contribution >= 4 is 0 Å². The molecule has 1 saturated heterocycles. The van der Waals surface area contributed by atoms with Gasteiger partial charge in [-0.3, -0.25) is 0 Å². The van der Waals surface area contributed by atoms with Gasteiger partial charge < -0.3 is 9.84 Å². The summed E-state index contributed by atoms with van der Waals surface area (Å²) in [5.74, 6) is 0.747.